The molecule has 0 atom stereocenters. The number of imidazole rings is 1. The van der Waals surface area contributed by atoms with Crippen LogP contribution in [-0.2, 0) is 6.54 Å². The molecule has 0 unspecified atom stereocenters. The molecule has 1 amide bonds. The van der Waals surface area contributed by atoms with Crippen LogP contribution in [0.5, 0.6) is 0 Å². The fourth-order valence-corrected chi connectivity index (χ4v) is 5.79. The van der Waals surface area contributed by atoms with Gasteiger partial charge in [0.1, 0.15) is 17.5 Å². The van der Waals surface area contributed by atoms with Crippen LogP contribution < -0.4 is 0 Å². The number of hydrogen-bond acceptors (Lipinski definition) is 3. The van der Waals surface area contributed by atoms with E-state index in [1.54, 1.807) is 43.3 Å². The first-order valence-corrected chi connectivity index (χ1v) is 14.6. The van der Waals surface area contributed by atoms with Crippen LogP contribution in [-0.4, -0.2) is 39.2 Å². The highest BCUT2D eigenvalue weighted by Crippen LogP contribution is 2.32. The summed E-state index contributed by atoms with van der Waals surface area (Å²) in [5.41, 5.74) is 5.58. The first-order chi connectivity index (χ1) is 21.3. The number of carbonyl (C=O) groups excluding carboxylic acids is 1. The number of halogens is 2. The van der Waals surface area contributed by atoms with Crippen molar-refractivity contribution >= 4 is 22.7 Å². The Labute approximate surface area is 256 Å². The number of aromatic nitrogens is 2. The van der Waals surface area contributed by atoms with Crippen molar-refractivity contribution in [1.82, 2.24) is 14.5 Å². The fourth-order valence-electron chi connectivity index (χ4n) is 5.79. The molecule has 7 heteroatoms. The molecule has 5 nitrogen and oxygen atoms in total. The summed E-state index contributed by atoms with van der Waals surface area (Å²) < 4.78 is 29.8. The van der Waals surface area contributed by atoms with Gasteiger partial charge in [-0.1, -0.05) is 42.5 Å². The molecular formula is C37H34F2N4O. The van der Waals surface area contributed by atoms with E-state index in [4.69, 9.17) is 10.4 Å². The molecule has 6 rings (SSSR count). The van der Waals surface area contributed by atoms with E-state index in [9.17, 15) is 13.6 Å². The van der Waals surface area contributed by atoms with Gasteiger partial charge in [0.05, 0.1) is 16.7 Å². The van der Waals surface area contributed by atoms with E-state index < -0.39 is 0 Å². The van der Waals surface area contributed by atoms with E-state index in [-0.39, 0.29) is 29.2 Å². The largest absolute Gasteiger partial charge is 0.339 e. The third-order valence-corrected chi connectivity index (χ3v) is 7.92. The Bertz CT molecular complexity index is 1860. The first-order valence-electron chi connectivity index (χ1n) is 14.6. The smallest absolute Gasteiger partial charge is 0.253 e. The van der Waals surface area contributed by atoms with E-state index in [0.29, 0.717) is 36.3 Å². The van der Waals surface area contributed by atoms with Crippen LogP contribution in [0.3, 0.4) is 0 Å². The topological polar surface area (TPSA) is 62.0 Å². The number of hydrogen-bond donors (Lipinski definition) is 1. The Morgan fingerprint density at radius 1 is 0.932 bits per heavy atom. The lowest BCUT2D eigenvalue weighted by Gasteiger charge is -2.32. The zero-order valence-electron chi connectivity index (χ0n) is 24.9. The molecule has 1 N–H and O–H groups in total. The molecule has 2 heterocycles. The number of aryl methyl sites for hydroxylation is 1. The van der Waals surface area contributed by atoms with Crippen molar-refractivity contribution in [3.8, 4) is 12.3 Å². The molecule has 0 saturated carbocycles. The maximum absolute atomic E-state index is 13.9. The zero-order valence-corrected chi connectivity index (χ0v) is 24.9. The third kappa shape index (κ3) is 6.60. The van der Waals surface area contributed by atoms with Gasteiger partial charge in [0.2, 0.25) is 0 Å². The predicted molar refractivity (Wildman–Crippen MR) is 171 cm³/mol. The number of carbonyl (C=O) groups is 1. The van der Waals surface area contributed by atoms with Crippen molar-refractivity contribution in [3.05, 3.63) is 136 Å². The van der Waals surface area contributed by atoms with Crippen LogP contribution in [0.1, 0.15) is 64.1 Å². The second-order valence-electron chi connectivity index (χ2n) is 10.9. The molecular weight excluding hydrogens is 554 g/mol. The minimum atomic E-state index is -0.385. The zero-order chi connectivity index (χ0) is 31.2. The fraction of sp³-hybridized carbons (Fsp3) is 0.216. The standard InChI is InChI=1S/C34H30F2N4O.C3H4/c1-22-18-26(12-13-29(22)32(37)25-7-5-9-28(36)20-25)34(41)39-16-14-24(15-17-39)33-38-30-10-2-3-11-31(30)40(33)21-23-6-4-8-27(35)19-23;1-3-2/h2-13,18-20,24,37H,14-17,21H2,1H3;1H,2H3. The maximum atomic E-state index is 13.9. The van der Waals surface area contributed by atoms with Gasteiger partial charge in [-0.2, -0.15) is 0 Å². The van der Waals surface area contributed by atoms with Crippen molar-refractivity contribution in [2.75, 3.05) is 13.1 Å². The Balaban J connectivity index is 0.00000123. The lowest BCUT2D eigenvalue weighted by atomic mass is 9.94. The van der Waals surface area contributed by atoms with Gasteiger partial charge >= 0.3 is 0 Å². The minimum absolute atomic E-state index is 0.0383. The van der Waals surface area contributed by atoms with Gasteiger partial charge in [-0.05, 0) is 86.3 Å². The average Bonchev–Trinajstić information content (AvgIpc) is 3.39. The van der Waals surface area contributed by atoms with E-state index >= 15 is 0 Å². The summed E-state index contributed by atoms with van der Waals surface area (Å²) in [7, 11) is 0. The van der Waals surface area contributed by atoms with E-state index in [2.05, 4.69) is 16.9 Å². The number of para-hydroxylation sites is 2. The molecule has 5 aromatic rings. The number of nitrogens with zero attached hydrogens (tertiary/aromatic N) is 3. The number of amides is 1. The van der Waals surface area contributed by atoms with E-state index in [1.165, 1.54) is 18.2 Å². The third-order valence-electron chi connectivity index (χ3n) is 7.92. The molecule has 1 aromatic heterocycles. The van der Waals surface area contributed by atoms with E-state index in [0.717, 1.165) is 40.8 Å². The van der Waals surface area contributed by atoms with Crippen LogP contribution in [0.15, 0.2) is 91.0 Å². The van der Waals surface area contributed by atoms with Crippen molar-refractivity contribution in [1.29, 1.82) is 5.41 Å². The molecule has 222 valence electrons. The summed E-state index contributed by atoms with van der Waals surface area (Å²) in [4.78, 5) is 20.3. The van der Waals surface area contributed by atoms with Crippen LogP contribution in [0.2, 0.25) is 0 Å². The summed E-state index contributed by atoms with van der Waals surface area (Å²) in [5.74, 6) is 2.72. The second-order valence-corrected chi connectivity index (χ2v) is 10.9. The number of rotatable bonds is 6. The van der Waals surface area contributed by atoms with Crippen molar-refractivity contribution < 1.29 is 13.6 Å². The van der Waals surface area contributed by atoms with Crippen molar-refractivity contribution in [2.24, 2.45) is 0 Å². The summed E-state index contributed by atoms with van der Waals surface area (Å²) in [5, 5.41) is 8.54. The normalized spacial score (nSPS) is 13.2. The highest BCUT2D eigenvalue weighted by Gasteiger charge is 2.28. The van der Waals surface area contributed by atoms with Crippen LogP contribution in [0.25, 0.3) is 11.0 Å². The van der Waals surface area contributed by atoms with Crippen molar-refractivity contribution in [3.63, 3.8) is 0 Å². The molecule has 0 aliphatic carbocycles. The Morgan fingerprint density at radius 2 is 1.61 bits per heavy atom. The highest BCUT2D eigenvalue weighted by atomic mass is 19.1. The van der Waals surface area contributed by atoms with Gasteiger partial charge in [0.15, 0.2) is 0 Å². The second kappa shape index (κ2) is 13.5. The lowest BCUT2D eigenvalue weighted by molar-refractivity contribution is 0.0710. The average molecular weight is 589 g/mol. The molecule has 44 heavy (non-hydrogen) atoms. The van der Waals surface area contributed by atoms with Crippen LogP contribution >= 0.6 is 0 Å². The molecule has 4 aromatic carbocycles. The SMILES string of the molecule is C#CC.Cc1cc(C(=O)N2CCC(c3nc4ccccc4n3Cc3cccc(F)c3)CC2)ccc1C(=N)c1cccc(F)c1. The Morgan fingerprint density at radius 3 is 2.30 bits per heavy atom. The maximum Gasteiger partial charge on any atom is 0.253 e. The minimum Gasteiger partial charge on any atom is -0.339 e. The highest BCUT2D eigenvalue weighted by molar-refractivity contribution is 6.12. The predicted octanol–water partition coefficient (Wildman–Crippen LogP) is 7.75. The summed E-state index contributed by atoms with van der Waals surface area (Å²) in [6, 6.07) is 26.0. The first kappa shape index (κ1) is 30.4. The van der Waals surface area contributed by atoms with E-state index in [1.807, 2.05) is 48.2 Å². The summed E-state index contributed by atoms with van der Waals surface area (Å²) in [6.07, 6.45) is 6.15. The molecule has 0 radical (unpaired) electrons. The molecule has 0 spiro atoms. The number of terminal acetylenes is 1. The number of fused-ring (bicyclic) bond motifs is 1. The van der Waals surface area contributed by atoms with Crippen LogP contribution in [0, 0.1) is 36.3 Å². The van der Waals surface area contributed by atoms with Crippen molar-refractivity contribution in [2.45, 2.75) is 39.2 Å². The van der Waals surface area contributed by atoms with Crippen LogP contribution in [0.4, 0.5) is 8.78 Å². The van der Waals surface area contributed by atoms with Gasteiger partial charge in [0, 0.05) is 42.2 Å². The molecule has 1 saturated heterocycles. The van der Waals surface area contributed by atoms with Gasteiger partial charge < -0.3 is 9.47 Å². The summed E-state index contributed by atoms with van der Waals surface area (Å²) >= 11 is 0. The number of nitrogens with one attached hydrogen (secondary N) is 1. The number of likely N-dealkylation sites (tertiary alicyclic amines) is 1. The monoisotopic (exact) mass is 588 g/mol. The van der Waals surface area contributed by atoms with Gasteiger partial charge in [-0.15, -0.1) is 12.3 Å². The van der Waals surface area contributed by atoms with Gasteiger partial charge in [-0.25, -0.2) is 13.8 Å². The number of benzene rings is 4. The number of piperidine rings is 1. The quantitative estimate of drug-likeness (QED) is 0.163. The van der Waals surface area contributed by atoms with Gasteiger partial charge in [0.25, 0.3) is 5.91 Å². The molecule has 1 aliphatic heterocycles. The van der Waals surface area contributed by atoms with Gasteiger partial charge in [-0.3, -0.25) is 10.2 Å². The molecule has 0 bridgehead atoms. The Kier molecular flexibility index (Phi) is 9.30. The Hall–Kier alpha value is -5.09. The summed E-state index contributed by atoms with van der Waals surface area (Å²) in [6.45, 7) is 5.26. The molecule has 1 fully saturated rings. The molecule has 1 aliphatic rings. The lowest BCUT2D eigenvalue weighted by Crippen LogP contribution is -2.38.